The molecule has 2 rings (SSSR count). The van der Waals surface area contributed by atoms with Gasteiger partial charge in [-0.1, -0.05) is 35.0 Å². The monoisotopic (exact) mass is 465 g/mol. The van der Waals surface area contributed by atoms with E-state index in [4.69, 9.17) is 21.7 Å². The number of ether oxygens (including phenoxy) is 2. The molecule has 28 heavy (non-hydrogen) atoms. The zero-order valence-corrected chi connectivity index (χ0v) is 17.6. The van der Waals surface area contributed by atoms with Crippen LogP contribution in [-0.2, 0) is 16.0 Å². The predicted molar refractivity (Wildman–Crippen MR) is 113 cm³/mol. The van der Waals surface area contributed by atoms with E-state index in [1.165, 1.54) is 5.56 Å². The fourth-order valence-corrected chi connectivity index (χ4v) is 2.44. The third-order valence-electron chi connectivity index (χ3n) is 3.45. The second kappa shape index (κ2) is 11.3. The normalized spacial score (nSPS) is 9.93. The highest BCUT2D eigenvalue weighted by Crippen LogP contribution is 2.15. The van der Waals surface area contributed by atoms with Gasteiger partial charge in [0, 0.05) is 4.47 Å². The van der Waals surface area contributed by atoms with Gasteiger partial charge < -0.3 is 9.47 Å². The zero-order valence-electron chi connectivity index (χ0n) is 15.2. The third kappa shape index (κ3) is 7.93. The lowest BCUT2D eigenvalue weighted by atomic mass is 10.2. The number of aryl methyl sites for hydroxylation is 1. The van der Waals surface area contributed by atoms with Gasteiger partial charge in [-0.15, -0.1) is 0 Å². The topological polar surface area (TPSA) is 88.7 Å². The highest BCUT2D eigenvalue weighted by atomic mass is 79.9. The Morgan fingerprint density at radius 3 is 2.00 bits per heavy atom. The summed E-state index contributed by atoms with van der Waals surface area (Å²) < 4.78 is 11.6. The largest absolute Gasteiger partial charge is 0.484 e. The fourth-order valence-electron chi connectivity index (χ4n) is 2.01. The lowest BCUT2D eigenvalue weighted by Crippen LogP contribution is -2.50. The molecule has 148 valence electrons. The van der Waals surface area contributed by atoms with Gasteiger partial charge in [-0.25, -0.2) is 0 Å². The van der Waals surface area contributed by atoms with Crippen LogP contribution >= 0.6 is 28.1 Å². The van der Waals surface area contributed by atoms with E-state index in [0.717, 1.165) is 10.9 Å². The molecule has 0 bridgehead atoms. The second-order valence-electron chi connectivity index (χ2n) is 5.58. The molecule has 0 radical (unpaired) electrons. The first-order chi connectivity index (χ1) is 13.5. The molecule has 3 N–H and O–H groups in total. The average molecular weight is 466 g/mol. The molecule has 0 spiro atoms. The van der Waals surface area contributed by atoms with Crippen molar-refractivity contribution in [1.29, 1.82) is 0 Å². The Labute approximate surface area is 176 Å². The standard InChI is InChI=1S/C19H20BrN3O4S/c1-2-13-3-7-15(8-4-13)27-12-18(25)22-23-19(28)21-17(24)11-26-16-9-5-14(20)6-10-16/h3-10H,2,11-12H2,1H3,(H,22,25)(H2,21,23,24,28). The minimum absolute atomic E-state index is 0.0509. The van der Waals surface area contributed by atoms with Crippen molar-refractivity contribution < 1.29 is 19.1 Å². The quantitative estimate of drug-likeness (QED) is 0.430. The first-order valence-electron chi connectivity index (χ1n) is 8.45. The molecule has 0 saturated heterocycles. The van der Waals surface area contributed by atoms with Crippen molar-refractivity contribution in [2.24, 2.45) is 0 Å². The molecule has 0 fully saturated rings. The van der Waals surface area contributed by atoms with Crippen LogP contribution in [0.1, 0.15) is 12.5 Å². The smallest absolute Gasteiger partial charge is 0.276 e. The zero-order chi connectivity index (χ0) is 20.4. The first-order valence-corrected chi connectivity index (χ1v) is 9.65. The van der Waals surface area contributed by atoms with Crippen LogP contribution in [0.3, 0.4) is 0 Å². The summed E-state index contributed by atoms with van der Waals surface area (Å²) in [5, 5.41) is 2.34. The van der Waals surface area contributed by atoms with E-state index in [1.807, 2.05) is 12.1 Å². The molecule has 0 aliphatic carbocycles. The van der Waals surface area contributed by atoms with Gasteiger partial charge in [0.1, 0.15) is 11.5 Å². The molecule has 0 aliphatic heterocycles. The minimum atomic E-state index is -0.457. The molecular weight excluding hydrogens is 446 g/mol. The minimum Gasteiger partial charge on any atom is -0.484 e. The van der Waals surface area contributed by atoms with Crippen LogP contribution in [0.4, 0.5) is 0 Å². The van der Waals surface area contributed by atoms with Crippen LogP contribution in [0.25, 0.3) is 0 Å². The number of amides is 2. The Morgan fingerprint density at radius 2 is 1.43 bits per heavy atom. The first kappa shape index (κ1) is 21.6. The second-order valence-corrected chi connectivity index (χ2v) is 6.90. The van der Waals surface area contributed by atoms with Crippen LogP contribution in [0.5, 0.6) is 11.5 Å². The van der Waals surface area contributed by atoms with Gasteiger partial charge in [0.05, 0.1) is 0 Å². The molecule has 0 saturated carbocycles. The molecule has 0 unspecified atom stereocenters. The summed E-state index contributed by atoms with van der Waals surface area (Å²) in [6.07, 6.45) is 0.933. The van der Waals surface area contributed by atoms with E-state index in [0.29, 0.717) is 11.5 Å². The number of hydrogen-bond donors (Lipinski definition) is 3. The number of carbonyl (C=O) groups is 2. The Bertz CT molecular complexity index is 813. The predicted octanol–water partition coefficient (Wildman–Crippen LogP) is 2.49. The molecular formula is C19H20BrN3O4S. The van der Waals surface area contributed by atoms with Gasteiger partial charge in [-0.2, -0.15) is 0 Å². The molecule has 2 amide bonds. The summed E-state index contributed by atoms with van der Waals surface area (Å²) in [6, 6.07) is 14.5. The Morgan fingerprint density at radius 1 is 0.893 bits per heavy atom. The van der Waals surface area contributed by atoms with Crippen molar-refractivity contribution in [2.45, 2.75) is 13.3 Å². The molecule has 0 aromatic heterocycles. The summed E-state index contributed by atoms with van der Waals surface area (Å²) in [5.74, 6) is 0.243. The van der Waals surface area contributed by atoms with Gasteiger partial charge >= 0.3 is 0 Å². The van der Waals surface area contributed by atoms with Gasteiger partial charge in [-0.05, 0) is 60.6 Å². The molecule has 9 heteroatoms. The van der Waals surface area contributed by atoms with Gasteiger partial charge in [0.15, 0.2) is 18.3 Å². The maximum absolute atomic E-state index is 11.8. The Kier molecular flexibility index (Phi) is 8.70. The van der Waals surface area contributed by atoms with Crippen molar-refractivity contribution in [2.75, 3.05) is 13.2 Å². The van der Waals surface area contributed by atoms with E-state index in [2.05, 4.69) is 39.0 Å². The summed E-state index contributed by atoms with van der Waals surface area (Å²) in [4.78, 5) is 23.6. The maximum atomic E-state index is 11.8. The average Bonchev–Trinajstić information content (AvgIpc) is 2.70. The lowest BCUT2D eigenvalue weighted by Gasteiger charge is -2.12. The van der Waals surface area contributed by atoms with Crippen molar-refractivity contribution in [1.82, 2.24) is 16.2 Å². The van der Waals surface area contributed by atoms with Gasteiger partial charge in [0.25, 0.3) is 11.8 Å². The molecule has 7 nitrogen and oxygen atoms in total. The van der Waals surface area contributed by atoms with Crippen molar-refractivity contribution in [3.63, 3.8) is 0 Å². The molecule has 0 heterocycles. The van der Waals surface area contributed by atoms with E-state index in [-0.39, 0.29) is 18.3 Å². The maximum Gasteiger partial charge on any atom is 0.276 e. The number of hydrazine groups is 1. The molecule has 0 atom stereocenters. The van der Waals surface area contributed by atoms with Crippen LogP contribution in [-0.4, -0.2) is 30.1 Å². The number of rotatable bonds is 7. The number of benzene rings is 2. The van der Waals surface area contributed by atoms with Gasteiger partial charge in [-0.3, -0.25) is 25.8 Å². The highest BCUT2D eigenvalue weighted by Gasteiger charge is 2.08. The lowest BCUT2D eigenvalue weighted by molar-refractivity contribution is -0.124. The van der Waals surface area contributed by atoms with E-state index in [9.17, 15) is 9.59 Å². The van der Waals surface area contributed by atoms with Crippen LogP contribution in [0, 0.1) is 0 Å². The van der Waals surface area contributed by atoms with E-state index < -0.39 is 11.8 Å². The van der Waals surface area contributed by atoms with Gasteiger partial charge in [0.2, 0.25) is 0 Å². The van der Waals surface area contributed by atoms with Crippen molar-refractivity contribution in [3.05, 3.63) is 58.6 Å². The molecule has 0 aliphatic rings. The molecule has 2 aromatic carbocycles. The highest BCUT2D eigenvalue weighted by molar-refractivity contribution is 9.10. The summed E-state index contributed by atoms with van der Waals surface area (Å²) in [7, 11) is 0. The van der Waals surface area contributed by atoms with Crippen LogP contribution in [0.15, 0.2) is 53.0 Å². The summed E-state index contributed by atoms with van der Waals surface area (Å²) in [6.45, 7) is 1.65. The molecule has 2 aromatic rings. The number of halogens is 1. The Balaban J connectivity index is 1.63. The fraction of sp³-hybridized carbons (Fsp3) is 0.211. The van der Waals surface area contributed by atoms with E-state index in [1.54, 1.807) is 36.4 Å². The SMILES string of the molecule is CCc1ccc(OCC(=O)NNC(=S)NC(=O)COc2ccc(Br)cc2)cc1. The Hall–Kier alpha value is -2.65. The van der Waals surface area contributed by atoms with E-state index >= 15 is 0 Å². The number of carbonyl (C=O) groups excluding carboxylic acids is 2. The van der Waals surface area contributed by atoms with Crippen LogP contribution in [0.2, 0.25) is 0 Å². The van der Waals surface area contributed by atoms with Crippen molar-refractivity contribution >= 4 is 45.1 Å². The number of hydrogen-bond acceptors (Lipinski definition) is 5. The number of thiocarbonyl (C=S) groups is 1. The number of nitrogens with one attached hydrogen (secondary N) is 3. The summed E-state index contributed by atoms with van der Waals surface area (Å²) >= 11 is 8.26. The van der Waals surface area contributed by atoms with Crippen molar-refractivity contribution in [3.8, 4) is 11.5 Å². The summed E-state index contributed by atoms with van der Waals surface area (Å²) in [5.41, 5.74) is 5.96. The van der Waals surface area contributed by atoms with Crippen LogP contribution < -0.4 is 25.6 Å². The third-order valence-corrected chi connectivity index (χ3v) is 4.19.